The molecule has 2 aliphatic rings. The number of benzene rings is 1. The molecule has 4 aromatic rings. The summed E-state index contributed by atoms with van der Waals surface area (Å²) in [7, 11) is 0. The van der Waals surface area contributed by atoms with Gasteiger partial charge in [0.15, 0.2) is 17.5 Å². The van der Waals surface area contributed by atoms with Crippen molar-refractivity contribution in [3.05, 3.63) is 53.3 Å². The predicted octanol–water partition coefficient (Wildman–Crippen LogP) is 1.83. The predicted molar refractivity (Wildman–Crippen MR) is 138 cm³/mol. The molecule has 1 saturated carbocycles. The van der Waals surface area contributed by atoms with Crippen molar-refractivity contribution in [2.45, 2.75) is 57.7 Å². The highest BCUT2D eigenvalue weighted by Crippen LogP contribution is 2.36. The number of anilines is 1. The molecular formula is C27H29N7O3. The number of aliphatic hydroxyl groups excluding tert-OH is 1. The number of hydrogen-bond acceptors (Lipinski definition) is 8. The Morgan fingerprint density at radius 2 is 1.95 bits per heavy atom. The normalized spacial score (nSPS) is 21.5. The van der Waals surface area contributed by atoms with Gasteiger partial charge >= 0.3 is 0 Å². The van der Waals surface area contributed by atoms with Crippen LogP contribution >= 0.6 is 0 Å². The topological polar surface area (TPSA) is 145 Å². The van der Waals surface area contributed by atoms with E-state index >= 15 is 0 Å². The monoisotopic (exact) mass is 499 g/mol. The van der Waals surface area contributed by atoms with E-state index in [-0.39, 0.29) is 24.0 Å². The fourth-order valence-corrected chi connectivity index (χ4v) is 5.37. The smallest absolute Gasteiger partial charge is 0.251 e. The molecule has 0 radical (unpaired) electrons. The molecule has 6 rings (SSSR count). The van der Waals surface area contributed by atoms with E-state index in [0.29, 0.717) is 29.0 Å². The lowest BCUT2D eigenvalue weighted by Crippen LogP contribution is -2.38. The van der Waals surface area contributed by atoms with Gasteiger partial charge in [-0.1, -0.05) is 37.3 Å². The second-order valence-corrected chi connectivity index (χ2v) is 9.91. The summed E-state index contributed by atoms with van der Waals surface area (Å²) in [6, 6.07) is 8.06. The summed E-state index contributed by atoms with van der Waals surface area (Å²) in [4.78, 5) is 25.9. The van der Waals surface area contributed by atoms with E-state index in [4.69, 9.17) is 15.2 Å². The maximum atomic E-state index is 13.0. The van der Waals surface area contributed by atoms with Gasteiger partial charge in [-0.15, -0.1) is 0 Å². The Kier molecular flexibility index (Phi) is 5.96. The molecule has 4 N–H and O–H groups in total. The molecule has 1 unspecified atom stereocenters. The van der Waals surface area contributed by atoms with E-state index in [1.54, 1.807) is 0 Å². The average molecular weight is 500 g/mol. The zero-order chi connectivity index (χ0) is 25.5. The van der Waals surface area contributed by atoms with E-state index in [2.05, 4.69) is 20.3 Å². The van der Waals surface area contributed by atoms with Gasteiger partial charge in [-0.2, -0.15) is 5.10 Å². The van der Waals surface area contributed by atoms with Crippen LogP contribution in [-0.4, -0.2) is 41.9 Å². The summed E-state index contributed by atoms with van der Waals surface area (Å²) in [6.07, 6.45) is 8.52. The first-order chi connectivity index (χ1) is 18.0. The van der Waals surface area contributed by atoms with Gasteiger partial charge < -0.3 is 20.6 Å². The second kappa shape index (κ2) is 9.44. The van der Waals surface area contributed by atoms with Crippen molar-refractivity contribution in [2.24, 2.45) is 5.92 Å². The van der Waals surface area contributed by atoms with Crippen LogP contribution in [0.3, 0.4) is 0 Å². The third-order valence-corrected chi connectivity index (χ3v) is 7.45. The molecule has 0 spiro atoms. The number of hydrogen-bond donors (Lipinski definition) is 3. The summed E-state index contributed by atoms with van der Waals surface area (Å²) in [5, 5.41) is 19.3. The van der Waals surface area contributed by atoms with Gasteiger partial charge in [-0.25, -0.2) is 19.6 Å². The second-order valence-electron chi connectivity index (χ2n) is 9.91. The number of oxazole rings is 1. The number of nitrogens with one attached hydrogen (secondary N) is 1. The van der Waals surface area contributed by atoms with Crippen LogP contribution in [-0.2, 0) is 11.3 Å². The van der Waals surface area contributed by atoms with Gasteiger partial charge in [0.2, 0.25) is 0 Å². The molecule has 3 aromatic heterocycles. The Balaban J connectivity index is 1.24. The molecule has 0 bridgehead atoms. The average Bonchev–Trinajstić information content (AvgIpc) is 3.54. The van der Waals surface area contributed by atoms with E-state index < -0.39 is 0 Å². The van der Waals surface area contributed by atoms with Crippen molar-refractivity contribution in [1.82, 2.24) is 30.0 Å². The van der Waals surface area contributed by atoms with Crippen LogP contribution in [0.15, 0.2) is 41.4 Å². The fourth-order valence-electron chi connectivity index (χ4n) is 5.37. The van der Waals surface area contributed by atoms with Gasteiger partial charge in [0.1, 0.15) is 23.2 Å². The zero-order valence-corrected chi connectivity index (χ0v) is 20.6. The summed E-state index contributed by atoms with van der Waals surface area (Å²) in [6.45, 7) is 2.40. The van der Waals surface area contributed by atoms with Crippen molar-refractivity contribution in [2.75, 3.05) is 5.73 Å². The number of nitrogens with zero attached hydrogens (tertiary/aromatic N) is 5. The summed E-state index contributed by atoms with van der Waals surface area (Å²) >= 11 is 0. The molecule has 0 saturated heterocycles. The third kappa shape index (κ3) is 4.27. The Hall–Kier alpha value is -4.05. The molecule has 1 atom stereocenters. The van der Waals surface area contributed by atoms with Crippen LogP contribution in [0.4, 0.5) is 5.82 Å². The van der Waals surface area contributed by atoms with E-state index in [1.165, 1.54) is 12.7 Å². The number of aromatic nitrogens is 5. The summed E-state index contributed by atoms with van der Waals surface area (Å²) < 4.78 is 7.44. The fraction of sp³-hybridized carbons (Fsp3) is 0.370. The van der Waals surface area contributed by atoms with Crippen molar-refractivity contribution < 1.29 is 14.3 Å². The highest BCUT2D eigenvalue weighted by molar-refractivity contribution is 6.13. The number of carbonyl (C=O) groups is 1. The number of carbonyl (C=O) groups excluding carboxylic acids is 1. The van der Waals surface area contributed by atoms with Crippen LogP contribution < -0.4 is 21.8 Å². The van der Waals surface area contributed by atoms with Crippen LogP contribution in [0, 0.1) is 5.92 Å². The Bertz CT molecular complexity index is 1580. The number of nitrogens with two attached hydrogens (primary N) is 1. The standard InChI is InChI=1S/C27H29N7O3/c1-15-2-11-20-24(37-14-32-20)21(15)27(36)29-12-16-3-5-17(6-4-16)23-22-25(28)30-13-31-26(22)34(33-23)18-7-9-19(35)10-8-18/h3-6,11,13-15,18-19,35H,2,7-10,12H2,1H3,(H,29,36)(H2,28,30,31). The molecule has 0 aliphatic heterocycles. The van der Waals surface area contributed by atoms with Crippen LogP contribution in [0.2, 0.25) is 0 Å². The van der Waals surface area contributed by atoms with E-state index in [9.17, 15) is 9.90 Å². The van der Waals surface area contributed by atoms with Crippen molar-refractivity contribution in [3.8, 4) is 11.3 Å². The molecule has 1 amide bonds. The molecule has 37 heavy (non-hydrogen) atoms. The van der Waals surface area contributed by atoms with Crippen LogP contribution in [0.5, 0.6) is 0 Å². The van der Waals surface area contributed by atoms with Crippen molar-refractivity contribution >= 4 is 34.4 Å². The minimum absolute atomic E-state index is 0.0614. The largest absolute Gasteiger partial charge is 0.443 e. The number of fused-ring (bicyclic) bond motifs is 2. The molecular weight excluding hydrogens is 470 g/mol. The third-order valence-electron chi connectivity index (χ3n) is 7.45. The first-order valence-corrected chi connectivity index (χ1v) is 12.7. The highest BCUT2D eigenvalue weighted by atomic mass is 16.3. The zero-order valence-electron chi connectivity index (χ0n) is 20.6. The number of nitrogen functional groups attached to an aromatic ring is 1. The van der Waals surface area contributed by atoms with Gasteiger partial charge in [-0.3, -0.25) is 4.79 Å². The van der Waals surface area contributed by atoms with Crippen LogP contribution in [0.25, 0.3) is 33.9 Å². The Morgan fingerprint density at radius 3 is 2.73 bits per heavy atom. The minimum atomic E-state index is -0.249. The summed E-state index contributed by atoms with van der Waals surface area (Å²) in [5.74, 6) is 0.308. The Labute approximate surface area is 212 Å². The van der Waals surface area contributed by atoms with Gasteiger partial charge in [0.05, 0.1) is 23.1 Å². The van der Waals surface area contributed by atoms with E-state index in [1.807, 2.05) is 41.9 Å². The maximum absolute atomic E-state index is 13.0. The van der Waals surface area contributed by atoms with Crippen molar-refractivity contribution in [1.29, 1.82) is 0 Å². The summed E-state index contributed by atoms with van der Waals surface area (Å²) in [5.41, 5.74) is 10.8. The lowest BCUT2D eigenvalue weighted by molar-refractivity contribution is -0.116. The number of rotatable bonds is 5. The van der Waals surface area contributed by atoms with Crippen LogP contribution in [0.1, 0.15) is 50.6 Å². The SMILES string of the molecule is CC1CC=c2ncoc2=C1C(=O)NCc1ccc(-c2nn(C3CCC(O)CC3)c3ncnc(N)c23)cc1. The molecule has 10 heteroatoms. The lowest BCUT2D eigenvalue weighted by Gasteiger charge is -2.25. The Morgan fingerprint density at radius 1 is 1.16 bits per heavy atom. The molecule has 10 nitrogen and oxygen atoms in total. The van der Waals surface area contributed by atoms with Gasteiger partial charge in [-0.05, 0) is 43.6 Å². The van der Waals surface area contributed by atoms with Gasteiger partial charge in [0.25, 0.3) is 5.91 Å². The molecule has 1 aromatic carbocycles. The lowest BCUT2D eigenvalue weighted by atomic mass is 9.93. The molecule has 3 heterocycles. The maximum Gasteiger partial charge on any atom is 0.251 e. The minimum Gasteiger partial charge on any atom is -0.443 e. The van der Waals surface area contributed by atoms with Crippen molar-refractivity contribution in [3.63, 3.8) is 0 Å². The van der Waals surface area contributed by atoms with E-state index in [0.717, 1.165) is 59.7 Å². The highest BCUT2D eigenvalue weighted by Gasteiger charge is 2.26. The first-order valence-electron chi connectivity index (χ1n) is 12.7. The van der Waals surface area contributed by atoms with Gasteiger partial charge in [0, 0.05) is 12.1 Å². The molecule has 190 valence electrons. The molecule has 2 aliphatic carbocycles. The first kappa shape index (κ1) is 23.4. The molecule has 1 fully saturated rings. The quantitative estimate of drug-likeness (QED) is 0.377. The number of aliphatic hydroxyl groups is 1. The number of amides is 1.